The molecule has 0 spiro atoms. The molecule has 5 rings (SSSR count). The van der Waals surface area contributed by atoms with Crippen LogP contribution in [0.1, 0.15) is 42.0 Å². The molecule has 0 saturated carbocycles. The minimum Gasteiger partial charge on any atom is -0.502 e. The Morgan fingerprint density at radius 2 is 1.42 bits per heavy atom. The number of rotatable bonds is 14. The number of hydrogen-bond acceptors (Lipinski definition) is 8. The van der Waals surface area contributed by atoms with Crippen LogP contribution in [0.25, 0.3) is 11.1 Å². The summed E-state index contributed by atoms with van der Waals surface area (Å²) < 4.78 is 5.75. The monoisotopic (exact) mass is 707 g/mol. The maximum Gasteiger partial charge on any atom is 0.407 e. The topological polar surface area (TPSA) is 194 Å². The highest BCUT2D eigenvalue weighted by Crippen LogP contribution is 2.44. The zero-order chi connectivity index (χ0) is 37.5. The van der Waals surface area contributed by atoms with Crippen LogP contribution in [0.5, 0.6) is 5.75 Å². The fourth-order valence-corrected chi connectivity index (χ4v) is 6.70. The molecule has 0 heterocycles. The van der Waals surface area contributed by atoms with Gasteiger partial charge in [-0.1, -0.05) is 98.8 Å². The Morgan fingerprint density at radius 1 is 0.846 bits per heavy atom. The second-order valence-electron chi connectivity index (χ2n) is 13.1. The summed E-state index contributed by atoms with van der Waals surface area (Å²) in [6, 6.07) is 25.0. The Labute approximate surface area is 300 Å². The van der Waals surface area contributed by atoms with Crippen molar-refractivity contribution in [1.82, 2.24) is 15.5 Å². The lowest BCUT2D eigenvalue weighted by molar-refractivity contribution is -0.385. The van der Waals surface area contributed by atoms with Gasteiger partial charge in [0.25, 0.3) is 0 Å². The van der Waals surface area contributed by atoms with Crippen molar-refractivity contribution in [3.8, 4) is 16.9 Å². The number of alkyl carbamates (subject to hydrolysis) is 1. The van der Waals surface area contributed by atoms with E-state index < -0.39 is 64.2 Å². The van der Waals surface area contributed by atoms with E-state index in [1.807, 2.05) is 78.9 Å². The molecule has 0 aliphatic heterocycles. The molecule has 5 N–H and O–H groups in total. The molecule has 52 heavy (non-hydrogen) atoms. The molecule has 270 valence electrons. The van der Waals surface area contributed by atoms with Crippen molar-refractivity contribution in [2.75, 3.05) is 13.7 Å². The van der Waals surface area contributed by atoms with Gasteiger partial charge in [-0.3, -0.25) is 24.5 Å². The van der Waals surface area contributed by atoms with E-state index in [0.29, 0.717) is 0 Å². The van der Waals surface area contributed by atoms with Crippen LogP contribution in [0.15, 0.2) is 97.1 Å². The van der Waals surface area contributed by atoms with Gasteiger partial charge in [0.1, 0.15) is 24.7 Å². The van der Waals surface area contributed by atoms with E-state index in [0.717, 1.165) is 39.9 Å². The Balaban J connectivity index is 1.31. The van der Waals surface area contributed by atoms with Crippen molar-refractivity contribution in [3.05, 3.63) is 129 Å². The van der Waals surface area contributed by atoms with Gasteiger partial charge in [0.05, 0.1) is 4.92 Å². The first-order chi connectivity index (χ1) is 24.8. The van der Waals surface area contributed by atoms with E-state index in [-0.39, 0.29) is 30.9 Å². The molecule has 0 saturated heterocycles. The lowest BCUT2D eigenvalue weighted by atomic mass is 9.98. The fourth-order valence-electron chi connectivity index (χ4n) is 6.70. The number of nitro benzene ring substituents is 1. The maximum absolute atomic E-state index is 14.2. The third kappa shape index (κ3) is 8.37. The number of nitrogens with one attached hydrogen (secondary N) is 2. The SMILES string of the molecule is CC(C)[C@@H](C(=O)N[C@@H](Cc1ccc(O)c([N+](=O)[O-])c1)C(N)=O)N(C)C(=O)[C@H](Cc1ccccc1)NC(=O)OCC1c2ccccc2-c2ccccc21. The minimum absolute atomic E-state index is 0.0394. The Morgan fingerprint density at radius 3 is 2.00 bits per heavy atom. The molecule has 0 radical (unpaired) electrons. The molecule has 0 aromatic heterocycles. The molecule has 13 nitrogen and oxygen atoms in total. The maximum atomic E-state index is 14.2. The quantitative estimate of drug-likeness (QED) is 0.109. The highest BCUT2D eigenvalue weighted by atomic mass is 16.6. The Hall–Kier alpha value is -6.24. The van der Waals surface area contributed by atoms with E-state index >= 15 is 0 Å². The summed E-state index contributed by atoms with van der Waals surface area (Å²) in [5.74, 6) is -3.36. The van der Waals surface area contributed by atoms with Gasteiger partial charge in [-0.15, -0.1) is 0 Å². The summed E-state index contributed by atoms with van der Waals surface area (Å²) in [6.07, 6.45) is -0.902. The average Bonchev–Trinajstić information content (AvgIpc) is 3.44. The zero-order valence-corrected chi connectivity index (χ0v) is 29.0. The summed E-state index contributed by atoms with van der Waals surface area (Å²) >= 11 is 0. The van der Waals surface area contributed by atoms with Crippen molar-refractivity contribution in [2.24, 2.45) is 11.7 Å². The summed E-state index contributed by atoms with van der Waals surface area (Å²) in [5.41, 5.74) is 10.3. The van der Waals surface area contributed by atoms with Crippen molar-refractivity contribution in [2.45, 2.75) is 50.7 Å². The number of fused-ring (bicyclic) bond motifs is 3. The number of phenolic OH excluding ortho intramolecular Hbond substituents is 1. The van der Waals surface area contributed by atoms with Crippen LogP contribution in [0.3, 0.4) is 0 Å². The van der Waals surface area contributed by atoms with Crippen LogP contribution in [0.2, 0.25) is 0 Å². The van der Waals surface area contributed by atoms with Gasteiger partial charge in [0.15, 0.2) is 5.75 Å². The van der Waals surface area contributed by atoms with Crippen molar-refractivity contribution < 1.29 is 33.9 Å². The van der Waals surface area contributed by atoms with Gasteiger partial charge in [-0.2, -0.15) is 0 Å². The van der Waals surface area contributed by atoms with Gasteiger partial charge in [0, 0.05) is 31.9 Å². The lowest BCUT2D eigenvalue weighted by Gasteiger charge is -2.34. The molecular weight excluding hydrogens is 666 g/mol. The predicted molar refractivity (Wildman–Crippen MR) is 193 cm³/mol. The number of ether oxygens (including phenoxy) is 1. The molecule has 0 unspecified atom stereocenters. The Kier molecular flexibility index (Phi) is 11.5. The third-order valence-electron chi connectivity index (χ3n) is 9.22. The number of carbonyl (C=O) groups excluding carboxylic acids is 4. The summed E-state index contributed by atoms with van der Waals surface area (Å²) in [5, 5.41) is 26.4. The first-order valence-corrected chi connectivity index (χ1v) is 16.8. The molecule has 4 aromatic rings. The normalized spacial score (nSPS) is 13.6. The van der Waals surface area contributed by atoms with Gasteiger partial charge in [0.2, 0.25) is 17.7 Å². The predicted octanol–water partition coefficient (Wildman–Crippen LogP) is 4.45. The van der Waals surface area contributed by atoms with E-state index in [1.54, 1.807) is 13.8 Å². The van der Waals surface area contributed by atoms with Crippen molar-refractivity contribution in [1.29, 1.82) is 0 Å². The molecule has 4 aromatic carbocycles. The summed E-state index contributed by atoms with van der Waals surface area (Å²) in [6.45, 7) is 3.49. The second kappa shape index (κ2) is 16.2. The highest BCUT2D eigenvalue weighted by molar-refractivity contribution is 5.94. The largest absolute Gasteiger partial charge is 0.502 e. The van der Waals surface area contributed by atoms with E-state index in [9.17, 15) is 34.4 Å². The number of likely N-dealkylation sites (N-methyl/N-ethyl adjacent to an activating group) is 1. The van der Waals surface area contributed by atoms with Crippen molar-refractivity contribution >= 4 is 29.5 Å². The standard InChI is InChI=1S/C39H41N5O8/c1-23(2)35(37(47)41-31(36(40)46)20-25-17-18-34(45)33(21-25)44(50)51)43(3)38(48)32(19-24-11-5-4-6-12-24)42-39(49)52-22-30-28-15-9-7-13-26(28)27-14-8-10-16-29(27)30/h4-18,21,23,30-32,35,45H,19-20,22H2,1-3H3,(H2,40,46)(H,41,47)(H,42,49)/t31-,32-,35-/m0/s1. The van der Waals surface area contributed by atoms with Crippen LogP contribution in [-0.4, -0.2) is 70.5 Å². The molecule has 3 atom stereocenters. The third-order valence-corrected chi connectivity index (χ3v) is 9.22. The highest BCUT2D eigenvalue weighted by Gasteiger charge is 2.36. The van der Waals surface area contributed by atoms with E-state index in [1.165, 1.54) is 18.0 Å². The van der Waals surface area contributed by atoms with E-state index in [2.05, 4.69) is 10.6 Å². The summed E-state index contributed by atoms with van der Waals surface area (Å²) in [4.78, 5) is 65.5. The minimum atomic E-state index is -1.29. The number of amides is 4. The van der Waals surface area contributed by atoms with Crippen LogP contribution in [0.4, 0.5) is 10.5 Å². The van der Waals surface area contributed by atoms with Crippen LogP contribution < -0.4 is 16.4 Å². The molecule has 13 heteroatoms. The number of nitro groups is 1. The molecule has 1 aliphatic carbocycles. The number of carbonyl (C=O) groups is 4. The van der Waals surface area contributed by atoms with Crippen LogP contribution in [-0.2, 0) is 32.0 Å². The number of nitrogens with zero attached hydrogens (tertiary/aromatic N) is 2. The molecule has 0 bridgehead atoms. The van der Waals surface area contributed by atoms with Gasteiger partial charge < -0.3 is 31.1 Å². The molecule has 1 aliphatic rings. The summed E-state index contributed by atoms with van der Waals surface area (Å²) in [7, 11) is 1.44. The zero-order valence-electron chi connectivity index (χ0n) is 29.0. The first kappa shape index (κ1) is 37.0. The van der Waals surface area contributed by atoms with Crippen LogP contribution >= 0.6 is 0 Å². The number of benzene rings is 4. The number of aromatic hydroxyl groups is 1. The fraction of sp³-hybridized carbons (Fsp3) is 0.282. The smallest absolute Gasteiger partial charge is 0.407 e. The second-order valence-corrected chi connectivity index (χ2v) is 13.1. The Bertz CT molecular complexity index is 1920. The first-order valence-electron chi connectivity index (χ1n) is 16.8. The van der Waals surface area contributed by atoms with Gasteiger partial charge >= 0.3 is 11.8 Å². The number of hydrogen-bond donors (Lipinski definition) is 4. The number of primary amides is 1. The molecule has 0 fully saturated rings. The van der Waals surface area contributed by atoms with Gasteiger partial charge in [-0.25, -0.2) is 4.79 Å². The average molecular weight is 708 g/mol. The number of phenols is 1. The number of nitrogens with two attached hydrogens (primary N) is 1. The van der Waals surface area contributed by atoms with Crippen LogP contribution in [0, 0.1) is 16.0 Å². The molecular formula is C39H41N5O8. The van der Waals surface area contributed by atoms with Crippen molar-refractivity contribution in [3.63, 3.8) is 0 Å². The van der Waals surface area contributed by atoms with Gasteiger partial charge in [-0.05, 0) is 45.4 Å². The molecule has 4 amide bonds. The van der Waals surface area contributed by atoms with E-state index in [4.69, 9.17) is 10.5 Å². The lowest BCUT2D eigenvalue weighted by Crippen LogP contribution is -2.59.